The van der Waals surface area contributed by atoms with Gasteiger partial charge in [0.2, 0.25) is 10.0 Å². The van der Waals surface area contributed by atoms with Crippen molar-refractivity contribution in [3.63, 3.8) is 0 Å². The first-order valence-electron chi connectivity index (χ1n) is 6.45. The molecule has 0 amide bonds. The highest BCUT2D eigenvalue weighted by molar-refractivity contribution is 7.89. The molecule has 0 rings (SSSR count). The van der Waals surface area contributed by atoms with Crippen LogP contribution >= 0.6 is 0 Å². The van der Waals surface area contributed by atoms with Crippen molar-refractivity contribution in [1.82, 2.24) is 4.72 Å². The lowest BCUT2D eigenvalue weighted by molar-refractivity contribution is -0.156. The fourth-order valence-electron chi connectivity index (χ4n) is 1.21. The van der Waals surface area contributed by atoms with Gasteiger partial charge in [-0.25, -0.2) is 13.1 Å². The molecule has 0 aromatic heterocycles. The fraction of sp³-hybridized carbons (Fsp3) is 0.923. The minimum atomic E-state index is -3.47. The van der Waals surface area contributed by atoms with Gasteiger partial charge in [0.05, 0.1) is 5.75 Å². The molecule has 0 aromatic carbocycles. The predicted molar refractivity (Wildman–Crippen MR) is 76.3 cm³/mol. The van der Waals surface area contributed by atoms with E-state index in [-0.39, 0.29) is 11.2 Å². The molecule has 114 valence electrons. The summed E-state index contributed by atoms with van der Waals surface area (Å²) in [4.78, 5) is 11.7. The summed E-state index contributed by atoms with van der Waals surface area (Å²) in [6.07, 6.45) is 0.531. The SMILES string of the molecule is C[C@H](NS(=O)(=O)CCC(C)(C)C)C(=O)OC(C)(C)C. The van der Waals surface area contributed by atoms with Gasteiger partial charge < -0.3 is 4.74 Å². The molecule has 0 aliphatic carbocycles. The predicted octanol–water partition coefficient (Wildman–Crippen LogP) is 2.07. The van der Waals surface area contributed by atoms with E-state index in [0.717, 1.165) is 0 Å². The maximum Gasteiger partial charge on any atom is 0.324 e. The molecule has 0 aromatic rings. The maximum absolute atomic E-state index is 11.8. The Balaban J connectivity index is 4.47. The van der Waals surface area contributed by atoms with Crippen molar-refractivity contribution in [2.75, 3.05) is 5.75 Å². The Bertz CT molecular complexity index is 401. The molecule has 0 unspecified atom stereocenters. The number of rotatable bonds is 5. The van der Waals surface area contributed by atoms with Gasteiger partial charge in [0.25, 0.3) is 0 Å². The number of carbonyl (C=O) groups is 1. The number of carbonyl (C=O) groups excluding carboxylic acids is 1. The molecule has 1 N–H and O–H groups in total. The normalized spacial score (nSPS) is 15.1. The zero-order valence-corrected chi connectivity index (χ0v) is 13.8. The molecule has 0 saturated carbocycles. The van der Waals surface area contributed by atoms with Gasteiger partial charge in [-0.15, -0.1) is 0 Å². The lowest BCUT2D eigenvalue weighted by Gasteiger charge is -2.23. The van der Waals surface area contributed by atoms with Gasteiger partial charge in [-0.05, 0) is 39.5 Å². The van der Waals surface area contributed by atoms with Crippen molar-refractivity contribution in [3.05, 3.63) is 0 Å². The molecule has 0 radical (unpaired) electrons. The van der Waals surface area contributed by atoms with Crippen LogP contribution in [0.15, 0.2) is 0 Å². The minimum Gasteiger partial charge on any atom is -0.459 e. The molecule has 19 heavy (non-hydrogen) atoms. The number of sulfonamides is 1. The second-order valence-corrected chi connectivity index (χ2v) is 8.88. The Kier molecular flexibility index (Phi) is 6.02. The van der Waals surface area contributed by atoms with Crippen LogP contribution in [0.5, 0.6) is 0 Å². The monoisotopic (exact) mass is 293 g/mol. The van der Waals surface area contributed by atoms with E-state index in [4.69, 9.17) is 4.74 Å². The minimum absolute atomic E-state index is 0.00361. The van der Waals surface area contributed by atoms with Gasteiger partial charge >= 0.3 is 5.97 Å². The third kappa shape index (κ3) is 9.90. The fourth-order valence-corrected chi connectivity index (χ4v) is 2.84. The Morgan fingerprint density at radius 3 is 2.00 bits per heavy atom. The largest absolute Gasteiger partial charge is 0.459 e. The Morgan fingerprint density at radius 1 is 1.16 bits per heavy atom. The highest BCUT2D eigenvalue weighted by Gasteiger charge is 2.26. The zero-order valence-electron chi connectivity index (χ0n) is 13.0. The summed E-state index contributed by atoms with van der Waals surface area (Å²) < 4.78 is 31.2. The third-order valence-corrected chi connectivity index (χ3v) is 3.69. The molecule has 0 bridgehead atoms. The highest BCUT2D eigenvalue weighted by Crippen LogP contribution is 2.19. The van der Waals surface area contributed by atoms with Gasteiger partial charge in [0.1, 0.15) is 11.6 Å². The summed E-state index contributed by atoms with van der Waals surface area (Å²) in [6.45, 7) is 12.6. The quantitative estimate of drug-likeness (QED) is 0.788. The van der Waals surface area contributed by atoms with Crippen molar-refractivity contribution in [2.24, 2.45) is 5.41 Å². The van der Waals surface area contributed by atoms with E-state index in [1.807, 2.05) is 20.8 Å². The molecule has 0 aliphatic rings. The Hall–Kier alpha value is -0.620. The van der Waals surface area contributed by atoms with Crippen molar-refractivity contribution in [3.8, 4) is 0 Å². The first-order valence-corrected chi connectivity index (χ1v) is 8.10. The van der Waals surface area contributed by atoms with Crippen LogP contribution in [0, 0.1) is 5.41 Å². The molecular formula is C13H27NO4S. The van der Waals surface area contributed by atoms with Crippen LogP contribution in [0.1, 0.15) is 54.9 Å². The summed E-state index contributed by atoms with van der Waals surface area (Å²) in [5.41, 5.74) is -0.688. The van der Waals surface area contributed by atoms with Gasteiger partial charge in [0.15, 0.2) is 0 Å². The smallest absolute Gasteiger partial charge is 0.324 e. The lowest BCUT2D eigenvalue weighted by atomic mass is 9.94. The van der Waals surface area contributed by atoms with Gasteiger partial charge in [-0.2, -0.15) is 0 Å². The number of hydrogen-bond acceptors (Lipinski definition) is 4. The zero-order chi connectivity index (χ0) is 15.5. The van der Waals surface area contributed by atoms with Crippen LogP contribution in [0.4, 0.5) is 0 Å². The maximum atomic E-state index is 11.8. The number of nitrogens with one attached hydrogen (secondary N) is 1. The van der Waals surface area contributed by atoms with Crippen molar-refractivity contribution < 1.29 is 17.9 Å². The molecule has 0 saturated heterocycles. The second-order valence-electron chi connectivity index (χ2n) is 7.00. The number of hydrogen-bond donors (Lipinski definition) is 1. The van der Waals surface area contributed by atoms with E-state index in [0.29, 0.717) is 6.42 Å². The summed E-state index contributed by atoms with van der Waals surface area (Å²) >= 11 is 0. The average Bonchev–Trinajstić information content (AvgIpc) is 2.10. The average molecular weight is 293 g/mol. The number of ether oxygens (including phenoxy) is 1. The molecule has 1 atom stereocenters. The number of esters is 1. The molecule has 0 aliphatic heterocycles. The summed E-state index contributed by atoms with van der Waals surface area (Å²) in [7, 11) is -3.47. The molecule has 5 nitrogen and oxygen atoms in total. The van der Waals surface area contributed by atoms with Crippen LogP contribution < -0.4 is 4.72 Å². The lowest BCUT2D eigenvalue weighted by Crippen LogP contribution is -2.43. The van der Waals surface area contributed by atoms with Crippen molar-refractivity contribution in [2.45, 2.75) is 66.5 Å². The van der Waals surface area contributed by atoms with Crippen molar-refractivity contribution >= 4 is 16.0 Å². The standard InChI is InChI=1S/C13H27NO4S/c1-10(11(15)18-13(5,6)7)14-19(16,17)9-8-12(2,3)4/h10,14H,8-9H2,1-7H3/t10-/m0/s1. The van der Waals surface area contributed by atoms with Crippen LogP contribution in [0.25, 0.3) is 0 Å². The molecular weight excluding hydrogens is 266 g/mol. The Labute approximate surface area is 117 Å². The highest BCUT2D eigenvalue weighted by atomic mass is 32.2. The van der Waals surface area contributed by atoms with E-state index in [9.17, 15) is 13.2 Å². The van der Waals surface area contributed by atoms with Gasteiger partial charge in [0, 0.05) is 0 Å². The molecule has 0 heterocycles. The van der Waals surface area contributed by atoms with E-state index < -0.39 is 27.6 Å². The van der Waals surface area contributed by atoms with Gasteiger partial charge in [-0.1, -0.05) is 20.8 Å². The molecule has 0 spiro atoms. The first-order chi connectivity index (χ1) is 8.22. The van der Waals surface area contributed by atoms with E-state index in [1.165, 1.54) is 6.92 Å². The van der Waals surface area contributed by atoms with E-state index >= 15 is 0 Å². The van der Waals surface area contributed by atoms with Crippen LogP contribution in [0.2, 0.25) is 0 Å². The topological polar surface area (TPSA) is 72.5 Å². The summed E-state index contributed by atoms with van der Waals surface area (Å²) in [5, 5.41) is 0. The van der Waals surface area contributed by atoms with Gasteiger partial charge in [-0.3, -0.25) is 4.79 Å². The van der Waals surface area contributed by atoms with Crippen LogP contribution in [0.3, 0.4) is 0 Å². The van der Waals surface area contributed by atoms with E-state index in [1.54, 1.807) is 20.8 Å². The third-order valence-electron chi connectivity index (χ3n) is 2.24. The Morgan fingerprint density at radius 2 is 1.63 bits per heavy atom. The summed E-state index contributed by atoms with van der Waals surface area (Å²) in [6, 6.07) is -0.871. The second kappa shape index (κ2) is 6.22. The molecule has 0 fully saturated rings. The van der Waals surface area contributed by atoms with Crippen LogP contribution in [-0.2, 0) is 19.6 Å². The first kappa shape index (κ1) is 18.4. The molecule has 6 heteroatoms. The van der Waals surface area contributed by atoms with Crippen LogP contribution in [-0.4, -0.2) is 31.8 Å². The van der Waals surface area contributed by atoms with Crippen molar-refractivity contribution in [1.29, 1.82) is 0 Å². The summed E-state index contributed by atoms with van der Waals surface area (Å²) in [5.74, 6) is -0.560. The van der Waals surface area contributed by atoms with E-state index in [2.05, 4.69) is 4.72 Å².